The zero-order valence-corrected chi connectivity index (χ0v) is 12.3. The first kappa shape index (κ1) is 14.7. The Balaban J connectivity index is 2.68. The Hall–Kier alpha value is -0.410. The molecule has 1 nitrogen and oxygen atoms in total. The first-order valence-electron chi connectivity index (χ1n) is 6.16. The summed E-state index contributed by atoms with van der Waals surface area (Å²) >= 11 is 3.39. The fraction of sp³-hybridized carbons (Fsp3) is 0.571. The molecule has 1 aromatic carbocycles. The fourth-order valence-corrected chi connectivity index (χ4v) is 2.35. The molecule has 0 aromatic heterocycles. The second-order valence-corrected chi connectivity index (χ2v) is 5.75. The zero-order chi connectivity index (χ0) is 12.8. The topological polar surface area (TPSA) is 12.0 Å². The second kappa shape index (κ2) is 7.12. The summed E-state index contributed by atoms with van der Waals surface area (Å²) in [7, 11) is 1.89. The minimum absolute atomic E-state index is 0.103. The quantitative estimate of drug-likeness (QED) is 0.805. The van der Waals surface area contributed by atoms with E-state index in [0.717, 1.165) is 22.9 Å². The number of hydrogen-bond donors (Lipinski definition) is 1. The van der Waals surface area contributed by atoms with Crippen LogP contribution >= 0.6 is 15.9 Å². The number of nitrogens with one attached hydrogen (secondary N) is 1. The van der Waals surface area contributed by atoms with Crippen LogP contribution in [-0.4, -0.2) is 7.05 Å². The molecule has 0 fully saturated rings. The number of benzene rings is 1. The largest absolute Gasteiger partial charge is 0.313 e. The maximum Gasteiger partial charge on any atom is 0.128 e. The summed E-state index contributed by atoms with van der Waals surface area (Å²) < 4.78 is 14.7. The van der Waals surface area contributed by atoms with Gasteiger partial charge in [-0.2, -0.15) is 0 Å². The van der Waals surface area contributed by atoms with Crippen molar-refractivity contribution in [3.63, 3.8) is 0 Å². The highest BCUT2D eigenvalue weighted by Gasteiger charge is 2.14. The molecular weight excluding hydrogens is 281 g/mol. The van der Waals surface area contributed by atoms with Crippen LogP contribution in [0.4, 0.5) is 4.39 Å². The van der Waals surface area contributed by atoms with Crippen LogP contribution in [0.2, 0.25) is 0 Å². The summed E-state index contributed by atoms with van der Waals surface area (Å²) in [5, 5.41) is 3.20. The second-order valence-electron chi connectivity index (χ2n) is 4.83. The molecule has 17 heavy (non-hydrogen) atoms. The minimum atomic E-state index is -0.128. The molecule has 0 bridgehead atoms. The van der Waals surface area contributed by atoms with Crippen molar-refractivity contribution in [1.82, 2.24) is 5.32 Å². The molecule has 1 rings (SSSR count). The van der Waals surface area contributed by atoms with Gasteiger partial charge in [0, 0.05) is 16.1 Å². The Labute approximate surface area is 112 Å². The summed E-state index contributed by atoms with van der Waals surface area (Å²) in [5.41, 5.74) is 0.755. The molecule has 3 heteroatoms. The van der Waals surface area contributed by atoms with Crippen molar-refractivity contribution in [2.24, 2.45) is 5.92 Å². The first-order valence-corrected chi connectivity index (χ1v) is 6.96. The average molecular weight is 302 g/mol. The molecule has 0 aliphatic heterocycles. The Morgan fingerprint density at radius 2 is 2.00 bits per heavy atom. The molecule has 0 radical (unpaired) electrons. The minimum Gasteiger partial charge on any atom is -0.313 e. The van der Waals surface area contributed by atoms with Gasteiger partial charge in [-0.25, -0.2) is 4.39 Å². The highest BCUT2D eigenvalue weighted by atomic mass is 79.9. The highest BCUT2D eigenvalue weighted by Crippen LogP contribution is 2.25. The van der Waals surface area contributed by atoms with E-state index >= 15 is 0 Å². The van der Waals surface area contributed by atoms with E-state index in [0.29, 0.717) is 5.92 Å². The van der Waals surface area contributed by atoms with Crippen molar-refractivity contribution < 1.29 is 4.39 Å². The van der Waals surface area contributed by atoms with Crippen LogP contribution in [0.15, 0.2) is 22.7 Å². The van der Waals surface area contributed by atoms with Crippen LogP contribution in [0.5, 0.6) is 0 Å². The van der Waals surface area contributed by atoms with E-state index in [1.165, 1.54) is 12.5 Å². The van der Waals surface area contributed by atoms with Gasteiger partial charge >= 0.3 is 0 Å². The lowest BCUT2D eigenvalue weighted by atomic mass is 9.98. The number of rotatable bonds is 6. The van der Waals surface area contributed by atoms with Gasteiger partial charge in [0.15, 0.2) is 0 Å². The SMILES string of the molecule is CNC(CCCC(C)C)c1cc(Br)ccc1F. The molecule has 0 saturated heterocycles. The molecule has 0 spiro atoms. The zero-order valence-electron chi connectivity index (χ0n) is 10.8. The molecule has 0 aliphatic rings. The predicted octanol–water partition coefficient (Wildman–Crippen LogP) is 4.68. The summed E-state index contributed by atoms with van der Waals surface area (Å²) in [6.07, 6.45) is 3.28. The smallest absolute Gasteiger partial charge is 0.128 e. The molecule has 0 heterocycles. The third-order valence-electron chi connectivity index (χ3n) is 2.96. The third kappa shape index (κ3) is 4.76. The summed E-state index contributed by atoms with van der Waals surface area (Å²) in [6, 6.07) is 5.23. The van der Waals surface area contributed by atoms with Gasteiger partial charge in [0.05, 0.1) is 0 Å². The van der Waals surface area contributed by atoms with Gasteiger partial charge in [-0.05, 0) is 37.6 Å². The Kier molecular flexibility index (Phi) is 6.14. The lowest BCUT2D eigenvalue weighted by molar-refractivity contribution is 0.456. The molecule has 0 aliphatic carbocycles. The van der Waals surface area contributed by atoms with Crippen LogP contribution in [0.3, 0.4) is 0 Å². The average Bonchev–Trinajstić information content (AvgIpc) is 2.28. The van der Waals surface area contributed by atoms with Crippen molar-refractivity contribution in [3.8, 4) is 0 Å². The summed E-state index contributed by atoms with van der Waals surface area (Å²) in [5.74, 6) is 0.581. The molecule has 1 aromatic rings. The number of halogens is 2. The Morgan fingerprint density at radius 1 is 1.29 bits per heavy atom. The van der Waals surface area contributed by atoms with E-state index in [2.05, 4.69) is 35.1 Å². The van der Waals surface area contributed by atoms with Gasteiger partial charge in [0.25, 0.3) is 0 Å². The number of hydrogen-bond acceptors (Lipinski definition) is 1. The van der Waals surface area contributed by atoms with Gasteiger partial charge in [0.2, 0.25) is 0 Å². The monoisotopic (exact) mass is 301 g/mol. The van der Waals surface area contributed by atoms with E-state index in [9.17, 15) is 4.39 Å². The normalized spacial score (nSPS) is 13.1. The Morgan fingerprint density at radius 3 is 2.59 bits per heavy atom. The van der Waals surface area contributed by atoms with Crippen molar-refractivity contribution in [2.45, 2.75) is 39.2 Å². The van der Waals surface area contributed by atoms with Gasteiger partial charge in [0.1, 0.15) is 5.82 Å². The van der Waals surface area contributed by atoms with Gasteiger partial charge in [-0.1, -0.05) is 42.6 Å². The maximum absolute atomic E-state index is 13.7. The van der Waals surface area contributed by atoms with Crippen LogP contribution in [0, 0.1) is 11.7 Å². The molecular formula is C14H21BrFN. The molecule has 1 atom stereocenters. The van der Waals surface area contributed by atoms with Gasteiger partial charge in [-0.15, -0.1) is 0 Å². The van der Waals surface area contributed by atoms with E-state index in [4.69, 9.17) is 0 Å². The van der Waals surface area contributed by atoms with E-state index in [1.54, 1.807) is 6.07 Å². The van der Waals surface area contributed by atoms with Crippen LogP contribution < -0.4 is 5.32 Å². The predicted molar refractivity (Wildman–Crippen MR) is 74.6 cm³/mol. The van der Waals surface area contributed by atoms with Crippen molar-refractivity contribution in [1.29, 1.82) is 0 Å². The van der Waals surface area contributed by atoms with Gasteiger partial charge in [-0.3, -0.25) is 0 Å². The third-order valence-corrected chi connectivity index (χ3v) is 3.45. The Bertz CT molecular complexity index is 352. The van der Waals surface area contributed by atoms with E-state index < -0.39 is 0 Å². The molecule has 1 N–H and O–H groups in total. The van der Waals surface area contributed by atoms with E-state index in [-0.39, 0.29) is 11.9 Å². The van der Waals surface area contributed by atoms with Crippen molar-refractivity contribution >= 4 is 15.9 Å². The summed E-state index contributed by atoms with van der Waals surface area (Å²) in [6.45, 7) is 4.43. The van der Waals surface area contributed by atoms with Crippen LogP contribution in [-0.2, 0) is 0 Å². The van der Waals surface area contributed by atoms with E-state index in [1.807, 2.05) is 13.1 Å². The first-order chi connectivity index (χ1) is 8.04. The molecule has 96 valence electrons. The van der Waals surface area contributed by atoms with Crippen LogP contribution in [0.1, 0.15) is 44.7 Å². The highest BCUT2D eigenvalue weighted by molar-refractivity contribution is 9.10. The fourth-order valence-electron chi connectivity index (χ4n) is 1.97. The molecule has 0 saturated carbocycles. The van der Waals surface area contributed by atoms with Crippen molar-refractivity contribution in [2.75, 3.05) is 7.05 Å². The standard InChI is InChI=1S/C14H21BrFN/c1-10(2)5-4-6-14(17-3)12-9-11(15)7-8-13(12)16/h7-10,14,17H,4-6H2,1-3H3. The van der Waals surface area contributed by atoms with Gasteiger partial charge < -0.3 is 5.32 Å². The van der Waals surface area contributed by atoms with Crippen LogP contribution in [0.25, 0.3) is 0 Å². The molecule has 1 unspecified atom stereocenters. The summed E-state index contributed by atoms with van der Waals surface area (Å²) in [4.78, 5) is 0. The lowest BCUT2D eigenvalue weighted by Gasteiger charge is -2.18. The molecule has 0 amide bonds. The lowest BCUT2D eigenvalue weighted by Crippen LogP contribution is -2.17. The maximum atomic E-state index is 13.7. The van der Waals surface area contributed by atoms with Crippen molar-refractivity contribution in [3.05, 3.63) is 34.1 Å².